The first kappa shape index (κ1) is 12.5. The first-order valence-corrected chi connectivity index (χ1v) is 6.35. The summed E-state index contributed by atoms with van der Waals surface area (Å²) in [5.41, 5.74) is 13.1. The molecular formula is C12H14N4OS. The molecule has 6 heteroatoms. The van der Waals surface area contributed by atoms with Crippen LogP contribution in [0.2, 0.25) is 0 Å². The van der Waals surface area contributed by atoms with Crippen molar-refractivity contribution < 1.29 is 4.79 Å². The van der Waals surface area contributed by atoms with Crippen LogP contribution in [0, 0.1) is 0 Å². The molecule has 0 aliphatic carbocycles. The van der Waals surface area contributed by atoms with E-state index in [0.29, 0.717) is 17.0 Å². The molecule has 0 fully saturated rings. The Labute approximate surface area is 109 Å². The summed E-state index contributed by atoms with van der Waals surface area (Å²) in [6, 6.07) is 5.12. The van der Waals surface area contributed by atoms with Crippen molar-refractivity contribution in [3.05, 3.63) is 41.7 Å². The van der Waals surface area contributed by atoms with Gasteiger partial charge in [0.1, 0.15) is 0 Å². The van der Waals surface area contributed by atoms with Crippen LogP contribution in [0.1, 0.15) is 15.9 Å². The summed E-state index contributed by atoms with van der Waals surface area (Å²) in [4.78, 5) is 15.2. The summed E-state index contributed by atoms with van der Waals surface area (Å²) in [6.45, 7) is 0. The van der Waals surface area contributed by atoms with Crippen molar-refractivity contribution in [1.82, 2.24) is 9.55 Å². The van der Waals surface area contributed by atoms with Crippen LogP contribution < -0.4 is 11.5 Å². The minimum absolute atomic E-state index is 0.429. The number of imidazole rings is 1. The van der Waals surface area contributed by atoms with Crippen LogP contribution in [0.4, 0.5) is 5.69 Å². The second-order valence-electron chi connectivity index (χ2n) is 3.89. The van der Waals surface area contributed by atoms with Gasteiger partial charge in [0.25, 0.3) is 0 Å². The second-order valence-corrected chi connectivity index (χ2v) is 4.83. The van der Waals surface area contributed by atoms with Crippen molar-refractivity contribution in [3.63, 3.8) is 0 Å². The maximum Gasteiger partial charge on any atom is 0.248 e. The fourth-order valence-electron chi connectivity index (χ4n) is 1.51. The summed E-state index contributed by atoms with van der Waals surface area (Å²) in [5.74, 6) is 0.237. The van der Waals surface area contributed by atoms with Crippen molar-refractivity contribution in [2.24, 2.45) is 12.8 Å². The Balaban J connectivity index is 2.11. The van der Waals surface area contributed by atoms with E-state index in [1.807, 2.05) is 23.9 Å². The molecule has 1 aromatic carbocycles. The highest BCUT2D eigenvalue weighted by molar-refractivity contribution is 7.98. The summed E-state index contributed by atoms with van der Waals surface area (Å²) >= 11 is 1.59. The quantitative estimate of drug-likeness (QED) is 0.644. The minimum atomic E-state index is -0.468. The van der Waals surface area contributed by atoms with Gasteiger partial charge in [-0.15, -0.1) is 0 Å². The number of thioether (sulfide) groups is 1. The second kappa shape index (κ2) is 5.14. The Morgan fingerprint density at radius 3 is 2.83 bits per heavy atom. The topological polar surface area (TPSA) is 86.9 Å². The van der Waals surface area contributed by atoms with Crippen molar-refractivity contribution in [2.45, 2.75) is 10.9 Å². The van der Waals surface area contributed by atoms with Gasteiger partial charge in [-0.25, -0.2) is 4.98 Å². The van der Waals surface area contributed by atoms with Gasteiger partial charge in [0, 0.05) is 36.4 Å². The van der Waals surface area contributed by atoms with E-state index in [0.717, 1.165) is 10.7 Å². The molecule has 2 rings (SSSR count). The number of aryl methyl sites for hydroxylation is 1. The Morgan fingerprint density at radius 2 is 2.28 bits per heavy atom. The number of rotatable bonds is 4. The van der Waals surface area contributed by atoms with Crippen LogP contribution in [0.5, 0.6) is 0 Å². The molecule has 0 aliphatic heterocycles. The van der Waals surface area contributed by atoms with Crippen LogP contribution in [0.3, 0.4) is 0 Å². The van der Waals surface area contributed by atoms with Gasteiger partial charge in [-0.2, -0.15) is 0 Å². The van der Waals surface area contributed by atoms with Crippen LogP contribution in [-0.4, -0.2) is 15.5 Å². The Kier molecular flexibility index (Phi) is 3.57. The molecule has 0 bridgehead atoms. The van der Waals surface area contributed by atoms with E-state index < -0.39 is 5.91 Å². The molecule has 0 radical (unpaired) electrons. The number of benzene rings is 1. The van der Waals surface area contributed by atoms with E-state index in [9.17, 15) is 4.79 Å². The van der Waals surface area contributed by atoms with E-state index >= 15 is 0 Å². The molecule has 18 heavy (non-hydrogen) atoms. The van der Waals surface area contributed by atoms with Crippen LogP contribution >= 0.6 is 11.8 Å². The molecule has 0 aliphatic rings. The molecular weight excluding hydrogens is 248 g/mol. The van der Waals surface area contributed by atoms with Gasteiger partial charge < -0.3 is 16.0 Å². The molecule has 5 nitrogen and oxygen atoms in total. The van der Waals surface area contributed by atoms with Gasteiger partial charge in [-0.1, -0.05) is 17.8 Å². The first-order valence-electron chi connectivity index (χ1n) is 5.36. The Bertz CT molecular complexity index is 579. The monoisotopic (exact) mass is 262 g/mol. The number of primary amides is 1. The predicted molar refractivity (Wildman–Crippen MR) is 72.1 cm³/mol. The Hall–Kier alpha value is -1.95. The number of aromatic nitrogens is 2. The number of nitrogens with zero attached hydrogens (tertiary/aromatic N) is 2. The smallest absolute Gasteiger partial charge is 0.248 e. The standard InChI is InChI=1S/C12H14N4OS/c1-16-5-4-15-12(16)18-7-9-3-2-8(11(14)17)6-10(9)13/h2-6H,7,13H2,1H3,(H2,14,17). The van der Waals surface area contributed by atoms with Crippen molar-refractivity contribution in [1.29, 1.82) is 0 Å². The summed E-state index contributed by atoms with van der Waals surface area (Å²) in [5, 5.41) is 0.924. The SMILES string of the molecule is Cn1ccnc1SCc1ccc(C(N)=O)cc1N. The summed E-state index contributed by atoms with van der Waals surface area (Å²) < 4.78 is 1.94. The number of hydrogen-bond donors (Lipinski definition) is 2. The lowest BCUT2D eigenvalue weighted by molar-refractivity contribution is 0.100. The van der Waals surface area contributed by atoms with Gasteiger partial charge in [-0.05, 0) is 17.7 Å². The minimum Gasteiger partial charge on any atom is -0.398 e. The molecule has 1 aromatic heterocycles. The highest BCUT2D eigenvalue weighted by atomic mass is 32.2. The van der Waals surface area contributed by atoms with Gasteiger partial charge >= 0.3 is 0 Å². The maximum atomic E-state index is 11.0. The first-order chi connectivity index (χ1) is 8.58. The van der Waals surface area contributed by atoms with Crippen LogP contribution in [-0.2, 0) is 12.8 Å². The average molecular weight is 262 g/mol. The van der Waals surface area contributed by atoms with Crippen molar-refractivity contribution in [3.8, 4) is 0 Å². The normalized spacial score (nSPS) is 10.5. The highest BCUT2D eigenvalue weighted by Gasteiger charge is 2.07. The third-order valence-corrected chi connectivity index (χ3v) is 3.67. The molecule has 2 aromatic rings. The van der Waals surface area contributed by atoms with Gasteiger partial charge in [-0.3, -0.25) is 4.79 Å². The fourth-order valence-corrected chi connectivity index (χ4v) is 2.46. The zero-order valence-corrected chi connectivity index (χ0v) is 10.8. The van der Waals surface area contributed by atoms with Crippen LogP contribution in [0.15, 0.2) is 35.7 Å². The van der Waals surface area contributed by atoms with E-state index in [-0.39, 0.29) is 0 Å². The number of nitrogens with two attached hydrogens (primary N) is 2. The molecule has 0 saturated carbocycles. The van der Waals surface area contributed by atoms with E-state index in [4.69, 9.17) is 11.5 Å². The third kappa shape index (κ3) is 2.65. The largest absolute Gasteiger partial charge is 0.398 e. The number of amides is 1. The Morgan fingerprint density at radius 1 is 1.50 bits per heavy atom. The predicted octanol–water partition coefficient (Wildman–Crippen LogP) is 1.39. The van der Waals surface area contributed by atoms with E-state index in [2.05, 4.69) is 4.98 Å². The number of carbonyl (C=O) groups excluding carboxylic acids is 1. The molecule has 94 valence electrons. The number of carbonyl (C=O) groups is 1. The number of nitrogen functional groups attached to an aromatic ring is 1. The van der Waals surface area contributed by atoms with Crippen molar-refractivity contribution in [2.75, 3.05) is 5.73 Å². The summed E-state index contributed by atoms with van der Waals surface area (Å²) in [7, 11) is 1.94. The fraction of sp³-hybridized carbons (Fsp3) is 0.167. The lowest BCUT2D eigenvalue weighted by Gasteiger charge is -2.06. The lowest BCUT2D eigenvalue weighted by atomic mass is 10.1. The van der Waals surface area contributed by atoms with Crippen LogP contribution in [0.25, 0.3) is 0 Å². The third-order valence-electron chi connectivity index (χ3n) is 2.56. The lowest BCUT2D eigenvalue weighted by Crippen LogP contribution is -2.11. The number of hydrogen-bond acceptors (Lipinski definition) is 4. The highest BCUT2D eigenvalue weighted by Crippen LogP contribution is 2.24. The number of anilines is 1. The summed E-state index contributed by atoms with van der Waals surface area (Å²) in [6.07, 6.45) is 3.64. The molecule has 1 amide bonds. The molecule has 0 atom stereocenters. The maximum absolute atomic E-state index is 11.0. The van der Waals surface area contributed by atoms with Gasteiger partial charge in [0.05, 0.1) is 0 Å². The zero-order valence-electron chi connectivity index (χ0n) is 9.96. The molecule has 0 spiro atoms. The molecule has 0 saturated heterocycles. The van der Waals surface area contributed by atoms with Crippen molar-refractivity contribution >= 4 is 23.4 Å². The molecule has 1 heterocycles. The zero-order chi connectivity index (χ0) is 13.1. The van der Waals surface area contributed by atoms with E-state index in [1.54, 1.807) is 30.1 Å². The molecule has 4 N–H and O–H groups in total. The molecule has 0 unspecified atom stereocenters. The average Bonchev–Trinajstić information content (AvgIpc) is 2.73. The van der Waals surface area contributed by atoms with Gasteiger partial charge in [0.15, 0.2) is 5.16 Å². The van der Waals surface area contributed by atoms with Gasteiger partial charge in [0.2, 0.25) is 5.91 Å². The van der Waals surface area contributed by atoms with E-state index in [1.165, 1.54) is 0 Å².